The van der Waals surface area contributed by atoms with Gasteiger partial charge in [0.05, 0.1) is 0 Å². The number of nitrogens with one attached hydrogen (secondary N) is 1. The van der Waals surface area contributed by atoms with Crippen LogP contribution in [0.1, 0.15) is 29.8 Å². The molecule has 1 atom stereocenters. The number of halogens is 1. The van der Waals surface area contributed by atoms with Crippen LogP contribution in [0.2, 0.25) is 0 Å². The molecule has 0 saturated carbocycles. The van der Waals surface area contributed by atoms with Gasteiger partial charge in [-0.2, -0.15) is 15.4 Å². The minimum atomic E-state index is -0.178. The predicted octanol–water partition coefficient (Wildman–Crippen LogP) is 3.08. The van der Waals surface area contributed by atoms with E-state index in [1.807, 2.05) is 23.1 Å². The Balaban J connectivity index is 1.51. The highest BCUT2D eigenvalue weighted by molar-refractivity contribution is 5.97. The summed E-state index contributed by atoms with van der Waals surface area (Å²) in [5.41, 5.74) is 2.74. The van der Waals surface area contributed by atoms with E-state index in [9.17, 15) is 9.18 Å². The number of H-pyrrole nitrogens is 1. The van der Waals surface area contributed by atoms with Crippen molar-refractivity contribution in [2.75, 3.05) is 19.6 Å². The molecule has 146 valence electrons. The molecule has 0 radical (unpaired) electrons. The summed E-state index contributed by atoms with van der Waals surface area (Å²) in [5.74, 6) is 0.125. The third kappa shape index (κ3) is 3.62. The van der Waals surface area contributed by atoms with E-state index in [-0.39, 0.29) is 17.8 Å². The van der Waals surface area contributed by atoms with E-state index in [1.165, 1.54) is 6.07 Å². The van der Waals surface area contributed by atoms with Gasteiger partial charge >= 0.3 is 0 Å². The molecule has 28 heavy (non-hydrogen) atoms. The number of benzene rings is 2. The van der Waals surface area contributed by atoms with Gasteiger partial charge < -0.3 is 4.90 Å². The van der Waals surface area contributed by atoms with E-state index in [0.717, 1.165) is 18.6 Å². The Labute approximate surface area is 163 Å². The fourth-order valence-electron chi connectivity index (χ4n) is 3.84. The number of nitrogens with zero attached hydrogens (tertiary/aromatic N) is 4. The van der Waals surface area contributed by atoms with Crippen LogP contribution in [0.4, 0.5) is 4.39 Å². The van der Waals surface area contributed by atoms with Crippen LogP contribution in [0.25, 0.3) is 11.0 Å². The number of aromatic amines is 1. The van der Waals surface area contributed by atoms with Crippen LogP contribution in [-0.2, 0) is 6.54 Å². The van der Waals surface area contributed by atoms with Gasteiger partial charge in [-0.05, 0) is 30.2 Å². The van der Waals surface area contributed by atoms with Gasteiger partial charge in [-0.15, -0.1) is 0 Å². The standard InChI is InChI=1S/C21H24FN5O/c1-14(2)20-13-26(12-16-5-3-4-6-17(16)22)9-10-27(20)21(28)15-7-8-18-19(11-15)24-25-23-18/h3-8,11,14,20H,9-10,12-13H2,1-2H3,(H,23,24,25). The SMILES string of the molecule is CC(C)C1CN(Cc2ccccc2F)CCN1C(=O)c1ccc2n[nH]nc2c1. The van der Waals surface area contributed by atoms with Crippen molar-refractivity contribution in [3.05, 3.63) is 59.4 Å². The van der Waals surface area contributed by atoms with Crippen LogP contribution in [0.5, 0.6) is 0 Å². The summed E-state index contributed by atoms with van der Waals surface area (Å²) in [4.78, 5) is 17.4. The van der Waals surface area contributed by atoms with Gasteiger partial charge in [0.1, 0.15) is 16.9 Å². The van der Waals surface area contributed by atoms with Crippen molar-refractivity contribution in [3.8, 4) is 0 Å². The molecule has 7 heteroatoms. The summed E-state index contributed by atoms with van der Waals surface area (Å²) in [6.07, 6.45) is 0. The minimum absolute atomic E-state index is 0.00846. The van der Waals surface area contributed by atoms with Crippen molar-refractivity contribution in [3.63, 3.8) is 0 Å². The summed E-state index contributed by atoms with van der Waals surface area (Å²) in [5, 5.41) is 10.7. The maximum atomic E-state index is 14.0. The Morgan fingerprint density at radius 2 is 1.96 bits per heavy atom. The molecule has 1 amide bonds. The number of hydrogen-bond acceptors (Lipinski definition) is 4. The zero-order valence-corrected chi connectivity index (χ0v) is 16.1. The first-order valence-electron chi connectivity index (χ1n) is 9.60. The molecule has 2 heterocycles. The van der Waals surface area contributed by atoms with E-state index in [2.05, 4.69) is 34.2 Å². The number of carbonyl (C=O) groups is 1. The lowest BCUT2D eigenvalue weighted by Crippen LogP contribution is -2.56. The summed E-state index contributed by atoms with van der Waals surface area (Å²) in [6, 6.07) is 12.3. The van der Waals surface area contributed by atoms with E-state index in [1.54, 1.807) is 18.2 Å². The predicted molar refractivity (Wildman–Crippen MR) is 105 cm³/mol. The van der Waals surface area contributed by atoms with Gasteiger partial charge in [-0.1, -0.05) is 32.0 Å². The molecular formula is C21H24FN5O. The van der Waals surface area contributed by atoms with Gasteiger partial charge in [-0.25, -0.2) is 4.39 Å². The van der Waals surface area contributed by atoms with E-state index in [4.69, 9.17) is 0 Å². The number of hydrogen-bond donors (Lipinski definition) is 1. The first-order chi connectivity index (χ1) is 13.5. The molecule has 0 aliphatic carbocycles. The van der Waals surface area contributed by atoms with Crippen LogP contribution in [0, 0.1) is 11.7 Å². The summed E-state index contributed by atoms with van der Waals surface area (Å²) in [7, 11) is 0. The van der Waals surface area contributed by atoms with Crippen LogP contribution < -0.4 is 0 Å². The lowest BCUT2D eigenvalue weighted by atomic mass is 9.98. The number of amides is 1. The highest BCUT2D eigenvalue weighted by atomic mass is 19.1. The molecule has 1 fully saturated rings. The Morgan fingerprint density at radius 3 is 2.75 bits per heavy atom. The quantitative estimate of drug-likeness (QED) is 0.754. The molecule has 1 saturated heterocycles. The van der Waals surface area contributed by atoms with Crippen LogP contribution in [0.3, 0.4) is 0 Å². The average molecular weight is 381 g/mol. The van der Waals surface area contributed by atoms with E-state index >= 15 is 0 Å². The molecular weight excluding hydrogens is 357 g/mol. The zero-order chi connectivity index (χ0) is 19.7. The van der Waals surface area contributed by atoms with E-state index in [0.29, 0.717) is 35.7 Å². The summed E-state index contributed by atoms with van der Waals surface area (Å²) >= 11 is 0. The lowest BCUT2D eigenvalue weighted by molar-refractivity contribution is 0.0326. The number of piperazine rings is 1. The Hall–Kier alpha value is -2.80. The number of carbonyl (C=O) groups excluding carboxylic acids is 1. The molecule has 1 N–H and O–H groups in total. The Kier molecular flexibility index (Phi) is 5.09. The molecule has 1 aromatic heterocycles. The Bertz CT molecular complexity index is 986. The fourth-order valence-corrected chi connectivity index (χ4v) is 3.84. The average Bonchev–Trinajstić information content (AvgIpc) is 3.17. The zero-order valence-electron chi connectivity index (χ0n) is 16.1. The molecule has 3 aromatic rings. The largest absolute Gasteiger partial charge is 0.333 e. The molecule has 1 unspecified atom stereocenters. The molecule has 0 bridgehead atoms. The van der Waals surface area contributed by atoms with Crippen LogP contribution in [0.15, 0.2) is 42.5 Å². The smallest absolute Gasteiger partial charge is 0.254 e. The van der Waals surface area contributed by atoms with Gasteiger partial charge in [0.25, 0.3) is 5.91 Å². The van der Waals surface area contributed by atoms with Crippen LogP contribution in [-0.4, -0.2) is 56.8 Å². The normalized spacial score (nSPS) is 18.1. The maximum Gasteiger partial charge on any atom is 0.254 e. The van der Waals surface area contributed by atoms with Crippen molar-refractivity contribution in [2.45, 2.75) is 26.4 Å². The second-order valence-electron chi connectivity index (χ2n) is 7.66. The first kappa shape index (κ1) is 18.6. The molecule has 0 spiro atoms. The van der Waals surface area contributed by atoms with Crippen molar-refractivity contribution in [1.29, 1.82) is 0 Å². The second-order valence-corrected chi connectivity index (χ2v) is 7.66. The number of fused-ring (bicyclic) bond motifs is 1. The van der Waals surface area contributed by atoms with Crippen molar-refractivity contribution in [1.82, 2.24) is 25.2 Å². The molecule has 6 nitrogen and oxygen atoms in total. The second kappa shape index (κ2) is 7.67. The van der Waals surface area contributed by atoms with Crippen LogP contribution >= 0.6 is 0 Å². The number of aromatic nitrogens is 3. The molecule has 1 aliphatic heterocycles. The van der Waals surface area contributed by atoms with Crippen molar-refractivity contribution in [2.24, 2.45) is 5.92 Å². The monoisotopic (exact) mass is 381 g/mol. The highest BCUT2D eigenvalue weighted by Crippen LogP contribution is 2.23. The third-order valence-corrected chi connectivity index (χ3v) is 5.45. The molecule has 2 aromatic carbocycles. The van der Waals surface area contributed by atoms with Gasteiger partial charge in [0.15, 0.2) is 0 Å². The van der Waals surface area contributed by atoms with Gasteiger partial charge in [0, 0.05) is 43.3 Å². The highest BCUT2D eigenvalue weighted by Gasteiger charge is 2.33. The maximum absolute atomic E-state index is 14.0. The molecule has 1 aliphatic rings. The minimum Gasteiger partial charge on any atom is -0.333 e. The lowest BCUT2D eigenvalue weighted by Gasteiger charge is -2.43. The molecule has 4 rings (SSSR count). The summed E-state index contributed by atoms with van der Waals surface area (Å²) in [6.45, 7) is 6.87. The Morgan fingerprint density at radius 1 is 1.18 bits per heavy atom. The topological polar surface area (TPSA) is 65.1 Å². The fraction of sp³-hybridized carbons (Fsp3) is 0.381. The first-order valence-corrected chi connectivity index (χ1v) is 9.60. The van der Waals surface area contributed by atoms with Crippen molar-refractivity contribution >= 4 is 16.9 Å². The van der Waals surface area contributed by atoms with Crippen molar-refractivity contribution < 1.29 is 9.18 Å². The third-order valence-electron chi connectivity index (χ3n) is 5.45. The number of rotatable bonds is 4. The van der Waals surface area contributed by atoms with E-state index < -0.39 is 0 Å². The van der Waals surface area contributed by atoms with Gasteiger partial charge in [0.2, 0.25) is 0 Å². The van der Waals surface area contributed by atoms with Gasteiger partial charge in [-0.3, -0.25) is 9.69 Å². The summed E-state index contributed by atoms with van der Waals surface area (Å²) < 4.78 is 14.0.